The van der Waals surface area contributed by atoms with Gasteiger partial charge >= 0.3 is 5.97 Å². The van der Waals surface area contributed by atoms with Gasteiger partial charge in [0.2, 0.25) is 0 Å². The fraction of sp³-hybridized carbons (Fsp3) is 0.500. The topological polar surface area (TPSA) is 26.3 Å². The van der Waals surface area contributed by atoms with E-state index in [4.69, 9.17) is 4.74 Å². The summed E-state index contributed by atoms with van der Waals surface area (Å²) in [5.74, 6) is -0.244. The van der Waals surface area contributed by atoms with E-state index in [2.05, 4.69) is 44.2 Å². The first-order chi connectivity index (χ1) is 10.2. The zero-order chi connectivity index (χ0) is 15.6. The predicted octanol–water partition coefficient (Wildman–Crippen LogP) is 0.557. The second-order valence-corrected chi connectivity index (χ2v) is 5.36. The molecule has 0 atom stereocenters. The Morgan fingerprint density at radius 1 is 1.18 bits per heavy atom. The normalized spacial score (nSPS) is 11.2. The van der Waals surface area contributed by atoms with Gasteiger partial charge in [-0.3, -0.25) is 0 Å². The van der Waals surface area contributed by atoms with Crippen molar-refractivity contribution in [2.75, 3.05) is 26.2 Å². The van der Waals surface area contributed by atoms with Crippen LogP contribution in [0.3, 0.4) is 0 Å². The van der Waals surface area contributed by atoms with E-state index in [1.807, 2.05) is 6.92 Å². The molecule has 1 aromatic rings. The Hall–Kier alpha value is -1.68. The Morgan fingerprint density at radius 3 is 2.36 bits per heavy atom. The van der Waals surface area contributed by atoms with Gasteiger partial charge in [0.15, 0.2) is 0 Å². The zero-order valence-corrected chi connectivity index (χ0v) is 13.9. The van der Waals surface area contributed by atoms with Crippen molar-refractivity contribution in [1.82, 2.24) is 0 Å². The lowest BCUT2D eigenvalue weighted by molar-refractivity contribution is -0.938. The maximum atomic E-state index is 11.3. The third kappa shape index (κ3) is 6.85. The molecule has 4 heteroatoms. The highest BCUT2D eigenvalue weighted by Crippen LogP contribution is 2.15. The number of nitrogens with zero attached hydrogens (tertiary/aromatic N) is 1. The van der Waals surface area contributed by atoms with Crippen molar-refractivity contribution in [1.29, 1.82) is 0 Å². The first-order valence-electron chi connectivity index (χ1n) is 7.84. The Labute approximate surface area is 133 Å². The van der Waals surface area contributed by atoms with Gasteiger partial charge in [-0.05, 0) is 20.8 Å². The van der Waals surface area contributed by atoms with Crippen LogP contribution in [0.15, 0.2) is 42.5 Å². The van der Waals surface area contributed by atoms with E-state index in [0.717, 1.165) is 37.1 Å². The molecule has 0 aromatic heterocycles. The molecule has 3 nitrogen and oxygen atoms in total. The molecule has 0 aliphatic heterocycles. The number of halogens is 1. The van der Waals surface area contributed by atoms with E-state index in [0.29, 0.717) is 6.61 Å². The van der Waals surface area contributed by atoms with Crippen LogP contribution in [0.25, 0.3) is 0 Å². The molecule has 0 unspecified atom stereocenters. The summed E-state index contributed by atoms with van der Waals surface area (Å²) in [6, 6.07) is 10.6. The van der Waals surface area contributed by atoms with Crippen molar-refractivity contribution in [2.45, 2.75) is 33.7 Å². The number of ether oxygens (including phenoxy) is 1. The fourth-order valence-electron chi connectivity index (χ4n) is 2.57. The number of quaternary nitrogens is 1. The number of allylic oxidation sites excluding steroid dienone is 1. The minimum Gasteiger partial charge on any atom is -1.00 e. The lowest BCUT2D eigenvalue weighted by atomic mass is 10.1. The summed E-state index contributed by atoms with van der Waals surface area (Å²) in [5, 5.41) is 0. The summed E-state index contributed by atoms with van der Waals surface area (Å²) in [5.41, 5.74) is 1.37. The third-order valence-electron chi connectivity index (χ3n) is 4.03. The standard InChI is InChI=1S/C18H28NO2.FH/c1-4-11-18(20)21-15-10-14-19(5-2,6-3)16-17-12-8-7-9-13-17;/h4,7-9,11-13H,5-6,10,14-16H2,1-3H3;1H/q+1;/p-1. The Kier molecular flexibility index (Phi) is 10.1. The number of esters is 1. The number of benzene rings is 1. The van der Waals surface area contributed by atoms with Crippen molar-refractivity contribution in [2.24, 2.45) is 0 Å². The van der Waals surface area contributed by atoms with E-state index >= 15 is 0 Å². The Balaban J connectivity index is 0.00000441. The van der Waals surface area contributed by atoms with Gasteiger partial charge < -0.3 is 13.9 Å². The van der Waals surface area contributed by atoms with Crippen LogP contribution in [0.4, 0.5) is 0 Å². The lowest BCUT2D eigenvalue weighted by Crippen LogP contribution is -3.00. The molecule has 0 aliphatic rings. The number of hydrogen-bond donors (Lipinski definition) is 0. The van der Waals surface area contributed by atoms with Crippen LogP contribution in [0.2, 0.25) is 0 Å². The molecule has 0 saturated heterocycles. The quantitative estimate of drug-likeness (QED) is 0.288. The fourth-order valence-corrected chi connectivity index (χ4v) is 2.57. The molecule has 0 amide bonds. The first kappa shape index (κ1) is 20.3. The average Bonchev–Trinajstić information content (AvgIpc) is 2.52. The monoisotopic (exact) mass is 309 g/mol. The molecule has 0 aliphatic carbocycles. The number of rotatable bonds is 9. The molecule has 0 fully saturated rings. The summed E-state index contributed by atoms with van der Waals surface area (Å²) < 4.78 is 6.21. The highest BCUT2D eigenvalue weighted by molar-refractivity contribution is 5.81. The molecule has 0 saturated carbocycles. The van der Waals surface area contributed by atoms with Crippen LogP contribution in [0.5, 0.6) is 0 Å². The number of carbonyl (C=O) groups excluding carboxylic acids is 1. The molecule has 0 heterocycles. The minimum atomic E-state index is -0.244. The lowest BCUT2D eigenvalue weighted by Gasteiger charge is -2.37. The molecule has 0 spiro atoms. The average molecular weight is 309 g/mol. The molecule has 0 radical (unpaired) electrons. The maximum absolute atomic E-state index is 11.3. The zero-order valence-electron chi connectivity index (χ0n) is 13.9. The second-order valence-electron chi connectivity index (χ2n) is 5.36. The molecule has 1 aromatic carbocycles. The van der Waals surface area contributed by atoms with E-state index in [1.165, 1.54) is 11.6 Å². The second kappa shape index (κ2) is 11.0. The molecule has 0 bridgehead atoms. The van der Waals surface area contributed by atoms with Gasteiger partial charge in [-0.15, -0.1) is 0 Å². The summed E-state index contributed by atoms with van der Waals surface area (Å²) in [7, 11) is 0. The maximum Gasteiger partial charge on any atom is 0.330 e. The van der Waals surface area contributed by atoms with E-state index in [9.17, 15) is 4.79 Å². The van der Waals surface area contributed by atoms with Crippen molar-refractivity contribution in [3.63, 3.8) is 0 Å². The minimum absolute atomic E-state index is 0. The van der Waals surface area contributed by atoms with Crippen LogP contribution in [-0.2, 0) is 16.1 Å². The van der Waals surface area contributed by atoms with Gasteiger partial charge in [-0.1, -0.05) is 36.4 Å². The largest absolute Gasteiger partial charge is 1.00 e. The molecule has 0 N–H and O–H groups in total. The summed E-state index contributed by atoms with van der Waals surface area (Å²) in [4.78, 5) is 11.3. The predicted molar refractivity (Wildman–Crippen MR) is 86.7 cm³/mol. The van der Waals surface area contributed by atoms with Gasteiger partial charge in [-0.2, -0.15) is 0 Å². The van der Waals surface area contributed by atoms with Gasteiger partial charge in [0, 0.05) is 18.1 Å². The molecule has 124 valence electrons. The highest BCUT2D eigenvalue weighted by Gasteiger charge is 2.23. The summed E-state index contributed by atoms with van der Waals surface area (Å²) in [6.45, 7) is 11.0. The van der Waals surface area contributed by atoms with Gasteiger partial charge in [0.05, 0.1) is 26.2 Å². The third-order valence-corrected chi connectivity index (χ3v) is 4.03. The van der Waals surface area contributed by atoms with E-state index in [1.54, 1.807) is 6.08 Å². The van der Waals surface area contributed by atoms with E-state index < -0.39 is 0 Å². The van der Waals surface area contributed by atoms with Crippen LogP contribution in [0, 0.1) is 0 Å². The van der Waals surface area contributed by atoms with Crippen molar-refractivity contribution < 1.29 is 18.7 Å². The summed E-state index contributed by atoms with van der Waals surface area (Å²) in [6.07, 6.45) is 4.07. The number of carbonyl (C=O) groups is 1. The van der Waals surface area contributed by atoms with Crippen molar-refractivity contribution >= 4 is 5.97 Å². The van der Waals surface area contributed by atoms with E-state index in [-0.39, 0.29) is 10.7 Å². The van der Waals surface area contributed by atoms with Crippen molar-refractivity contribution in [3.05, 3.63) is 48.0 Å². The Bertz CT molecular complexity index is 442. The molecule has 1 rings (SSSR count). The SMILES string of the molecule is CC=CC(=O)OCCC[N+](CC)(CC)Cc1ccccc1.[F-]. The smallest absolute Gasteiger partial charge is 0.330 e. The highest BCUT2D eigenvalue weighted by atomic mass is 19.0. The first-order valence-corrected chi connectivity index (χ1v) is 7.84. The van der Waals surface area contributed by atoms with Crippen molar-refractivity contribution in [3.8, 4) is 0 Å². The van der Waals surface area contributed by atoms with Crippen LogP contribution in [-0.4, -0.2) is 36.7 Å². The van der Waals surface area contributed by atoms with Gasteiger partial charge in [-0.25, -0.2) is 4.79 Å². The molecular weight excluding hydrogens is 281 g/mol. The molecular formula is C18H28FNO2. The van der Waals surface area contributed by atoms with Crippen LogP contribution >= 0.6 is 0 Å². The van der Waals surface area contributed by atoms with Gasteiger partial charge in [0.25, 0.3) is 0 Å². The molecule has 22 heavy (non-hydrogen) atoms. The van der Waals surface area contributed by atoms with Crippen LogP contribution in [0.1, 0.15) is 32.8 Å². The van der Waals surface area contributed by atoms with Crippen LogP contribution < -0.4 is 4.70 Å². The van der Waals surface area contributed by atoms with Gasteiger partial charge in [0.1, 0.15) is 6.54 Å². The summed E-state index contributed by atoms with van der Waals surface area (Å²) >= 11 is 0. The Morgan fingerprint density at radius 2 is 1.82 bits per heavy atom. The number of hydrogen-bond acceptors (Lipinski definition) is 2.